The number of likely N-dealkylation sites (tertiary alicyclic amines) is 1. The number of halogens is 1. The van der Waals surface area contributed by atoms with Crippen LogP contribution in [0.15, 0.2) is 41.0 Å². The van der Waals surface area contributed by atoms with Gasteiger partial charge in [-0.25, -0.2) is 4.98 Å². The molecule has 0 saturated carbocycles. The van der Waals surface area contributed by atoms with Crippen molar-refractivity contribution in [2.75, 3.05) is 6.54 Å². The summed E-state index contributed by atoms with van der Waals surface area (Å²) in [6, 6.07) is 10.7. The van der Waals surface area contributed by atoms with Gasteiger partial charge >= 0.3 is 0 Å². The highest BCUT2D eigenvalue weighted by molar-refractivity contribution is 5.85. The van der Waals surface area contributed by atoms with Crippen molar-refractivity contribution in [1.29, 1.82) is 0 Å². The van der Waals surface area contributed by atoms with E-state index in [2.05, 4.69) is 16.8 Å². The van der Waals surface area contributed by atoms with Gasteiger partial charge in [-0.2, -0.15) is 0 Å². The molecular formula is C17H24ClN3O. The summed E-state index contributed by atoms with van der Waals surface area (Å²) in [7, 11) is 0. The maximum atomic E-state index is 6.12. The molecule has 1 aliphatic rings. The van der Waals surface area contributed by atoms with Gasteiger partial charge in [0.15, 0.2) is 0 Å². The standard InChI is InChI=1S/C17H23N3O.ClH/c1-13(18)16-9-5-6-10-20(16)11-15-12-21-17(19-15)14-7-3-2-4-8-14;/h2-4,7-8,12-13,16H,5-6,9-11,18H2,1H3;1H. The Morgan fingerprint density at radius 3 is 2.82 bits per heavy atom. The lowest BCUT2D eigenvalue weighted by atomic mass is 9.97. The molecule has 3 rings (SSSR count). The molecule has 2 unspecified atom stereocenters. The predicted octanol–water partition coefficient (Wildman–Crippen LogP) is 3.47. The fourth-order valence-corrected chi connectivity index (χ4v) is 3.11. The molecule has 2 N–H and O–H groups in total. The van der Waals surface area contributed by atoms with Crippen LogP contribution in [-0.2, 0) is 6.54 Å². The zero-order valence-electron chi connectivity index (χ0n) is 12.9. The van der Waals surface area contributed by atoms with Crippen molar-refractivity contribution >= 4 is 12.4 Å². The third-order valence-corrected chi connectivity index (χ3v) is 4.21. The number of oxazole rings is 1. The molecule has 4 nitrogen and oxygen atoms in total. The molecule has 2 aromatic rings. The summed E-state index contributed by atoms with van der Waals surface area (Å²) >= 11 is 0. The number of nitrogens with zero attached hydrogens (tertiary/aromatic N) is 2. The number of benzene rings is 1. The van der Waals surface area contributed by atoms with Crippen LogP contribution >= 0.6 is 12.4 Å². The molecule has 0 radical (unpaired) electrons. The van der Waals surface area contributed by atoms with E-state index in [1.807, 2.05) is 30.3 Å². The molecule has 2 atom stereocenters. The smallest absolute Gasteiger partial charge is 0.226 e. The lowest BCUT2D eigenvalue weighted by Crippen LogP contribution is -2.48. The highest BCUT2D eigenvalue weighted by Crippen LogP contribution is 2.23. The molecule has 5 heteroatoms. The second kappa shape index (κ2) is 7.77. The van der Waals surface area contributed by atoms with Crippen molar-refractivity contribution < 1.29 is 4.42 Å². The van der Waals surface area contributed by atoms with E-state index in [0.29, 0.717) is 11.9 Å². The van der Waals surface area contributed by atoms with E-state index in [9.17, 15) is 0 Å². The summed E-state index contributed by atoms with van der Waals surface area (Å²) in [5.41, 5.74) is 8.13. The van der Waals surface area contributed by atoms with Crippen LogP contribution in [-0.4, -0.2) is 28.5 Å². The molecule has 0 amide bonds. The highest BCUT2D eigenvalue weighted by Gasteiger charge is 2.26. The predicted molar refractivity (Wildman–Crippen MR) is 90.9 cm³/mol. The monoisotopic (exact) mass is 321 g/mol. The van der Waals surface area contributed by atoms with Crippen LogP contribution in [0.4, 0.5) is 0 Å². The number of nitrogens with two attached hydrogens (primary N) is 1. The molecule has 22 heavy (non-hydrogen) atoms. The molecule has 1 aromatic heterocycles. The van der Waals surface area contributed by atoms with Gasteiger partial charge in [-0.15, -0.1) is 12.4 Å². The first-order chi connectivity index (χ1) is 10.2. The Morgan fingerprint density at radius 2 is 2.09 bits per heavy atom. The molecule has 1 aliphatic heterocycles. The van der Waals surface area contributed by atoms with Gasteiger partial charge in [-0.3, -0.25) is 4.90 Å². The SMILES string of the molecule is CC(N)C1CCCCN1Cc1coc(-c2ccccc2)n1.Cl. The van der Waals surface area contributed by atoms with E-state index in [1.165, 1.54) is 19.3 Å². The molecule has 1 fully saturated rings. The summed E-state index contributed by atoms with van der Waals surface area (Å²) < 4.78 is 5.62. The van der Waals surface area contributed by atoms with Crippen molar-refractivity contribution in [3.63, 3.8) is 0 Å². The van der Waals surface area contributed by atoms with Gasteiger partial charge in [0.2, 0.25) is 5.89 Å². The first-order valence-corrected chi connectivity index (χ1v) is 7.73. The molecule has 1 saturated heterocycles. The Morgan fingerprint density at radius 1 is 1.32 bits per heavy atom. The van der Waals surface area contributed by atoms with Crippen LogP contribution < -0.4 is 5.73 Å². The summed E-state index contributed by atoms with van der Waals surface area (Å²) in [5.74, 6) is 0.694. The molecule has 1 aromatic carbocycles. The van der Waals surface area contributed by atoms with Crippen LogP contribution in [0.3, 0.4) is 0 Å². The summed E-state index contributed by atoms with van der Waals surface area (Å²) in [6.07, 6.45) is 5.47. The van der Waals surface area contributed by atoms with Gasteiger partial charge < -0.3 is 10.2 Å². The quantitative estimate of drug-likeness (QED) is 0.937. The summed E-state index contributed by atoms with van der Waals surface area (Å²) in [6.45, 7) is 4.02. The van der Waals surface area contributed by atoms with E-state index in [4.69, 9.17) is 10.2 Å². The van der Waals surface area contributed by atoms with Crippen molar-refractivity contribution in [2.24, 2.45) is 5.73 Å². The molecule has 0 spiro atoms. The van der Waals surface area contributed by atoms with Gasteiger partial charge in [-0.05, 0) is 38.4 Å². The first kappa shape index (κ1) is 17.0. The Bertz CT molecular complexity index is 570. The molecule has 0 bridgehead atoms. The third kappa shape index (κ3) is 3.88. The van der Waals surface area contributed by atoms with E-state index in [1.54, 1.807) is 6.26 Å². The van der Waals surface area contributed by atoms with Gasteiger partial charge in [0.1, 0.15) is 6.26 Å². The van der Waals surface area contributed by atoms with Crippen LogP contribution in [0.1, 0.15) is 31.9 Å². The van der Waals surface area contributed by atoms with Crippen molar-refractivity contribution in [2.45, 2.75) is 44.8 Å². The topological polar surface area (TPSA) is 55.3 Å². The van der Waals surface area contributed by atoms with E-state index < -0.39 is 0 Å². The molecule has 2 heterocycles. The number of rotatable bonds is 4. The number of piperidine rings is 1. The summed E-state index contributed by atoms with van der Waals surface area (Å²) in [5, 5.41) is 0. The average molecular weight is 322 g/mol. The Kier molecular flexibility index (Phi) is 6.00. The fraction of sp³-hybridized carbons (Fsp3) is 0.471. The third-order valence-electron chi connectivity index (χ3n) is 4.21. The molecule has 0 aliphatic carbocycles. The molecule has 120 valence electrons. The highest BCUT2D eigenvalue weighted by atomic mass is 35.5. The Balaban J connectivity index is 0.00000176. The van der Waals surface area contributed by atoms with Crippen molar-refractivity contribution in [3.8, 4) is 11.5 Å². The van der Waals surface area contributed by atoms with Crippen molar-refractivity contribution in [3.05, 3.63) is 42.3 Å². The maximum Gasteiger partial charge on any atom is 0.226 e. The zero-order chi connectivity index (χ0) is 14.7. The van der Waals surface area contributed by atoms with Crippen LogP contribution in [0.25, 0.3) is 11.5 Å². The summed E-state index contributed by atoms with van der Waals surface area (Å²) in [4.78, 5) is 7.06. The lowest BCUT2D eigenvalue weighted by Gasteiger charge is -2.37. The normalized spacial score (nSPS) is 20.4. The van der Waals surface area contributed by atoms with Gasteiger partial charge in [0.25, 0.3) is 0 Å². The fourth-order valence-electron chi connectivity index (χ4n) is 3.11. The Labute approximate surface area is 138 Å². The average Bonchev–Trinajstić information content (AvgIpc) is 2.97. The van der Waals surface area contributed by atoms with Gasteiger partial charge in [0, 0.05) is 24.2 Å². The first-order valence-electron chi connectivity index (χ1n) is 7.73. The number of hydrogen-bond donors (Lipinski definition) is 1. The second-order valence-corrected chi connectivity index (χ2v) is 5.90. The van der Waals surface area contributed by atoms with Crippen LogP contribution in [0.5, 0.6) is 0 Å². The number of aromatic nitrogens is 1. The lowest BCUT2D eigenvalue weighted by molar-refractivity contribution is 0.121. The van der Waals surface area contributed by atoms with E-state index in [0.717, 1.165) is 24.3 Å². The van der Waals surface area contributed by atoms with Gasteiger partial charge in [0.05, 0.1) is 5.69 Å². The van der Waals surface area contributed by atoms with Crippen LogP contribution in [0.2, 0.25) is 0 Å². The minimum absolute atomic E-state index is 0. The Hall–Kier alpha value is -1.36. The number of hydrogen-bond acceptors (Lipinski definition) is 4. The van der Waals surface area contributed by atoms with E-state index >= 15 is 0 Å². The van der Waals surface area contributed by atoms with Crippen molar-refractivity contribution in [1.82, 2.24) is 9.88 Å². The largest absolute Gasteiger partial charge is 0.444 e. The molecular weight excluding hydrogens is 298 g/mol. The maximum absolute atomic E-state index is 6.12. The van der Waals surface area contributed by atoms with Crippen LogP contribution in [0, 0.1) is 0 Å². The minimum atomic E-state index is 0. The second-order valence-electron chi connectivity index (χ2n) is 5.90. The minimum Gasteiger partial charge on any atom is -0.444 e. The van der Waals surface area contributed by atoms with E-state index in [-0.39, 0.29) is 18.4 Å². The zero-order valence-corrected chi connectivity index (χ0v) is 13.8. The van der Waals surface area contributed by atoms with Gasteiger partial charge in [-0.1, -0.05) is 24.6 Å².